The van der Waals surface area contributed by atoms with Gasteiger partial charge in [0.25, 0.3) is 0 Å². The average molecular weight is 193 g/mol. The summed E-state index contributed by atoms with van der Waals surface area (Å²) in [4.78, 5) is 2.16. The van der Waals surface area contributed by atoms with Crippen LogP contribution in [0.2, 0.25) is 0 Å². The first-order valence-corrected chi connectivity index (χ1v) is 4.87. The van der Waals surface area contributed by atoms with Crippen molar-refractivity contribution in [3.8, 4) is 5.75 Å². The zero-order valence-corrected chi connectivity index (χ0v) is 8.31. The number of nitrogens with zero attached hydrogens (tertiary/aromatic N) is 1. The highest BCUT2D eigenvalue weighted by Gasteiger charge is 2.22. The van der Waals surface area contributed by atoms with Crippen LogP contribution in [0.5, 0.6) is 5.75 Å². The normalized spacial score (nSPS) is 21.3. The summed E-state index contributed by atoms with van der Waals surface area (Å²) < 4.78 is 5.27. The molecule has 1 saturated heterocycles. The van der Waals surface area contributed by atoms with Gasteiger partial charge in [-0.1, -0.05) is 12.1 Å². The van der Waals surface area contributed by atoms with E-state index in [2.05, 4.69) is 4.90 Å². The highest BCUT2D eigenvalue weighted by atomic mass is 16.5. The SMILES string of the molecule is COc1ccccc1N1CC[C@@H](O)C1. The van der Waals surface area contributed by atoms with Crippen molar-refractivity contribution in [2.45, 2.75) is 12.5 Å². The number of aliphatic hydroxyl groups is 1. The molecule has 2 rings (SSSR count). The molecule has 1 aromatic carbocycles. The molecule has 1 heterocycles. The molecule has 3 heteroatoms. The van der Waals surface area contributed by atoms with E-state index in [0.29, 0.717) is 6.54 Å². The predicted molar refractivity (Wildman–Crippen MR) is 55.8 cm³/mol. The maximum atomic E-state index is 9.44. The van der Waals surface area contributed by atoms with Crippen LogP contribution in [0.3, 0.4) is 0 Å². The van der Waals surface area contributed by atoms with Crippen LogP contribution in [0.1, 0.15) is 6.42 Å². The number of aliphatic hydroxyl groups excluding tert-OH is 1. The minimum absolute atomic E-state index is 0.195. The lowest BCUT2D eigenvalue weighted by molar-refractivity contribution is 0.198. The number of para-hydroxylation sites is 2. The fourth-order valence-corrected chi connectivity index (χ4v) is 1.85. The first-order valence-electron chi connectivity index (χ1n) is 4.87. The third-order valence-electron chi connectivity index (χ3n) is 2.59. The molecule has 76 valence electrons. The van der Waals surface area contributed by atoms with Crippen LogP contribution >= 0.6 is 0 Å². The van der Waals surface area contributed by atoms with E-state index >= 15 is 0 Å². The van der Waals surface area contributed by atoms with E-state index in [1.807, 2.05) is 24.3 Å². The summed E-state index contributed by atoms with van der Waals surface area (Å²) in [6, 6.07) is 7.91. The molecule has 0 radical (unpaired) electrons. The summed E-state index contributed by atoms with van der Waals surface area (Å²) in [7, 11) is 1.67. The Bertz CT molecular complexity index is 314. The molecule has 1 aliphatic heterocycles. The Labute approximate surface area is 83.9 Å². The maximum Gasteiger partial charge on any atom is 0.142 e. The second-order valence-corrected chi connectivity index (χ2v) is 3.56. The Morgan fingerprint density at radius 1 is 1.43 bits per heavy atom. The number of β-amino-alcohol motifs (C(OH)–C–C–N with tert-alkyl or cyclic N) is 1. The summed E-state index contributed by atoms with van der Waals surface area (Å²) >= 11 is 0. The second kappa shape index (κ2) is 3.88. The first-order chi connectivity index (χ1) is 6.81. The third kappa shape index (κ3) is 1.68. The molecule has 0 bridgehead atoms. The van der Waals surface area contributed by atoms with Crippen LogP contribution in [0.25, 0.3) is 0 Å². The Kier molecular flexibility index (Phi) is 2.59. The number of ether oxygens (including phenoxy) is 1. The first kappa shape index (κ1) is 9.34. The van der Waals surface area contributed by atoms with E-state index in [-0.39, 0.29) is 6.10 Å². The lowest BCUT2D eigenvalue weighted by Gasteiger charge is -2.20. The van der Waals surface area contributed by atoms with Gasteiger partial charge in [0.1, 0.15) is 5.75 Å². The fraction of sp³-hybridized carbons (Fsp3) is 0.455. The monoisotopic (exact) mass is 193 g/mol. The summed E-state index contributed by atoms with van der Waals surface area (Å²) in [5, 5.41) is 9.44. The maximum absolute atomic E-state index is 9.44. The van der Waals surface area contributed by atoms with Gasteiger partial charge < -0.3 is 14.7 Å². The van der Waals surface area contributed by atoms with Crippen LogP contribution in [-0.4, -0.2) is 31.4 Å². The molecule has 1 aliphatic rings. The van der Waals surface area contributed by atoms with Gasteiger partial charge in [0, 0.05) is 13.1 Å². The quantitative estimate of drug-likeness (QED) is 0.767. The zero-order chi connectivity index (χ0) is 9.97. The lowest BCUT2D eigenvalue weighted by atomic mass is 10.2. The number of rotatable bonds is 2. The second-order valence-electron chi connectivity index (χ2n) is 3.56. The molecule has 1 fully saturated rings. The van der Waals surface area contributed by atoms with E-state index in [9.17, 15) is 5.11 Å². The summed E-state index contributed by atoms with van der Waals surface area (Å²) in [5.74, 6) is 0.876. The van der Waals surface area contributed by atoms with Crippen molar-refractivity contribution in [2.75, 3.05) is 25.1 Å². The van der Waals surface area contributed by atoms with Gasteiger partial charge in [0.2, 0.25) is 0 Å². The van der Waals surface area contributed by atoms with Gasteiger partial charge in [-0.15, -0.1) is 0 Å². The molecule has 0 aromatic heterocycles. The number of hydrogen-bond acceptors (Lipinski definition) is 3. The summed E-state index contributed by atoms with van der Waals surface area (Å²) in [5.41, 5.74) is 1.08. The number of hydrogen-bond donors (Lipinski definition) is 1. The van der Waals surface area contributed by atoms with E-state index < -0.39 is 0 Å². The largest absolute Gasteiger partial charge is 0.495 e. The number of methoxy groups -OCH3 is 1. The van der Waals surface area contributed by atoms with Gasteiger partial charge in [-0.2, -0.15) is 0 Å². The Hall–Kier alpha value is -1.22. The number of anilines is 1. The molecule has 3 nitrogen and oxygen atoms in total. The molecular formula is C11H15NO2. The molecule has 1 aromatic rings. The summed E-state index contributed by atoms with van der Waals surface area (Å²) in [6.45, 7) is 1.61. The molecule has 0 spiro atoms. The summed E-state index contributed by atoms with van der Waals surface area (Å²) in [6.07, 6.45) is 0.651. The highest BCUT2D eigenvalue weighted by Crippen LogP contribution is 2.30. The molecule has 0 aliphatic carbocycles. The van der Waals surface area contributed by atoms with E-state index in [0.717, 1.165) is 24.4 Å². The molecule has 1 atom stereocenters. The third-order valence-corrected chi connectivity index (χ3v) is 2.59. The van der Waals surface area contributed by atoms with E-state index in [1.54, 1.807) is 7.11 Å². The Morgan fingerprint density at radius 3 is 2.86 bits per heavy atom. The van der Waals surface area contributed by atoms with Crippen molar-refractivity contribution in [3.63, 3.8) is 0 Å². The van der Waals surface area contributed by atoms with Crippen LogP contribution in [0.15, 0.2) is 24.3 Å². The van der Waals surface area contributed by atoms with Crippen molar-refractivity contribution in [3.05, 3.63) is 24.3 Å². The van der Waals surface area contributed by atoms with Crippen molar-refractivity contribution in [1.82, 2.24) is 0 Å². The van der Waals surface area contributed by atoms with Crippen molar-refractivity contribution >= 4 is 5.69 Å². The minimum atomic E-state index is -0.195. The average Bonchev–Trinajstić information content (AvgIpc) is 2.65. The molecule has 0 amide bonds. The van der Waals surface area contributed by atoms with E-state index in [1.165, 1.54) is 0 Å². The smallest absolute Gasteiger partial charge is 0.142 e. The lowest BCUT2D eigenvalue weighted by Crippen LogP contribution is -2.21. The van der Waals surface area contributed by atoms with Gasteiger partial charge in [-0.05, 0) is 18.6 Å². The predicted octanol–water partition coefficient (Wildman–Crippen LogP) is 1.27. The van der Waals surface area contributed by atoms with Gasteiger partial charge >= 0.3 is 0 Å². The fourth-order valence-electron chi connectivity index (χ4n) is 1.85. The molecule has 14 heavy (non-hydrogen) atoms. The van der Waals surface area contributed by atoms with Crippen LogP contribution in [-0.2, 0) is 0 Å². The zero-order valence-electron chi connectivity index (χ0n) is 8.31. The Balaban J connectivity index is 2.22. The van der Waals surface area contributed by atoms with Gasteiger partial charge in [-0.25, -0.2) is 0 Å². The molecule has 1 N–H and O–H groups in total. The molecular weight excluding hydrogens is 178 g/mol. The molecule has 0 unspecified atom stereocenters. The van der Waals surface area contributed by atoms with Gasteiger partial charge in [0.15, 0.2) is 0 Å². The van der Waals surface area contributed by atoms with Crippen molar-refractivity contribution in [1.29, 1.82) is 0 Å². The molecule has 0 saturated carbocycles. The topological polar surface area (TPSA) is 32.7 Å². The van der Waals surface area contributed by atoms with Crippen molar-refractivity contribution < 1.29 is 9.84 Å². The number of benzene rings is 1. The van der Waals surface area contributed by atoms with Gasteiger partial charge in [-0.3, -0.25) is 0 Å². The van der Waals surface area contributed by atoms with Crippen LogP contribution < -0.4 is 9.64 Å². The standard InChI is InChI=1S/C11H15NO2/c1-14-11-5-3-2-4-10(11)12-7-6-9(13)8-12/h2-5,9,13H,6-8H2,1H3/t9-/m1/s1. The van der Waals surface area contributed by atoms with Crippen LogP contribution in [0.4, 0.5) is 5.69 Å². The van der Waals surface area contributed by atoms with Crippen LogP contribution in [0, 0.1) is 0 Å². The van der Waals surface area contributed by atoms with E-state index in [4.69, 9.17) is 4.74 Å². The highest BCUT2D eigenvalue weighted by molar-refractivity contribution is 5.59. The van der Waals surface area contributed by atoms with Gasteiger partial charge in [0.05, 0.1) is 18.9 Å². The minimum Gasteiger partial charge on any atom is -0.495 e. The Morgan fingerprint density at radius 2 is 2.21 bits per heavy atom. The van der Waals surface area contributed by atoms with Crippen molar-refractivity contribution in [2.24, 2.45) is 0 Å².